The molecule has 8 heteroatoms. The molecule has 5 nitrogen and oxygen atoms in total. The van der Waals surface area contributed by atoms with Crippen LogP contribution >= 0.6 is 23.2 Å². The number of rotatable bonds is 5. The maximum Gasteiger partial charge on any atom is 0.173 e. The summed E-state index contributed by atoms with van der Waals surface area (Å²) < 4.78 is 14.9. The molecule has 1 N–H and O–H groups in total. The Labute approximate surface area is 126 Å². The van der Waals surface area contributed by atoms with Crippen molar-refractivity contribution < 1.29 is 4.39 Å². The topological polar surface area (TPSA) is 55.6 Å². The fourth-order valence-corrected chi connectivity index (χ4v) is 2.24. The van der Waals surface area contributed by atoms with Crippen molar-refractivity contribution in [2.45, 2.75) is 26.3 Å². The highest BCUT2D eigenvalue weighted by Crippen LogP contribution is 2.27. The van der Waals surface area contributed by atoms with Gasteiger partial charge >= 0.3 is 0 Å². The average Bonchev–Trinajstić information content (AvgIpc) is 2.91. The molecule has 0 aliphatic rings. The minimum Gasteiger partial charge on any atom is -0.307 e. The molecule has 108 valence electrons. The van der Waals surface area contributed by atoms with E-state index in [1.165, 1.54) is 16.8 Å². The van der Waals surface area contributed by atoms with Crippen molar-refractivity contribution in [3.8, 4) is 5.69 Å². The van der Waals surface area contributed by atoms with Crippen molar-refractivity contribution in [3.05, 3.63) is 33.8 Å². The molecule has 0 saturated heterocycles. The number of hydrogen-bond donors (Lipinski definition) is 1. The van der Waals surface area contributed by atoms with Crippen LogP contribution in [-0.4, -0.2) is 26.8 Å². The first-order valence-corrected chi connectivity index (χ1v) is 6.96. The molecule has 1 unspecified atom stereocenters. The van der Waals surface area contributed by atoms with E-state index in [-0.39, 0.29) is 16.1 Å². The molecule has 2 aromatic rings. The Balaban J connectivity index is 2.37. The summed E-state index contributed by atoms with van der Waals surface area (Å²) in [6, 6.07) is 2.83. The van der Waals surface area contributed by atoms with Crippen LogP contribution in [0.25, 0.3) is 5.69 Å². The number of benzene rings is 1. The summed E-state index contributed by atoms with van der Waals surface area (Å²) in [6.07, 6.45) is 1.00. The van der Waals surface area contributed by atoms with Crippen LogP contribution in [0.5, 0.6) is 0 Å². The molecule has 0 amide bonds. The van der Waals surface area contributed by atoms with Gasteiger partial charge in [-0.1, -0.05) is 30.1 Å². The minimum absolute atomic E-state index is 0.0486. The highest BCUT2D eigenvalue weighted by molar-refractivity contribution is 6.35. The minimum atomic E-state index is -0.649. The first-order chi connectivity index (χ1) is 9.54. The fourth-order valence-electron chi connectivity index (χ4n) is 1.76. The molecule has 2 rings (SSSR count). The molecule has 0 aliphatic heterocycles. The Hall–Kier alpha value is -1.24. The summed E-state index contributed by atoms with van der Waals surface area (Å²) >= 11 is 11.6. The number of tetrazole rings is 1. The molecule has 0 fully saturated rings. The van der Waals surface area contributed by atoms with Crippen molar-refractivity contribution >= 4 is 23.2 Å². The van der Waals surface area contributed by atoms with Gasteiger partial charge in [-0.3, -0.25) is 0 Å². The fraction of sp³-hybridized carbons (Fsp3) is 0.417. The van der Waals surface area contributed by atoms with Gasteiger partial charge in [-0.25, -0.2) is 4.39 Å². The monoisotopic (exact) mass is 317 g/mol. The highest BCUT2D eigenvalue weighted by atomic mass is 35.5. The summed E-state index contributed by atoms with van der Waals surface area (Å²) in [5.74, 6) is -0.0407. The second-order valence-electron chi connectivity index (χ2n) is 4.35. The summed E-state index contributed by atoms with van der Waals surface area (Å²) in [5.41, 5.74) is 0.520. The van der Waals surface area contributed by atoms with Crippen LogP contribution in [-0.2, 0) is 0 Å². The van der Waals surface area contributed by atoms with Crippen LogP contribution < -0.4 is 5.32 Å². The maximum atomic E-state index is 13.4. The molecule has 1 aromatic heterocycles. The summed E-state index contributed by atoms with van der Waals surface area (Å²) in [6.45, 7) is 4.87. The zero-order valence-electron chi connectivity index (χ0n) is 11.1. The first-order valence-electron chi connectivity index (χ1n) is 6.21. The van der Waals surface area contributed by atoms with Crippen LogP contribution in [0.2, 0.25) is 10.0 Å². The predicted molar refractivity (Wildman–Crippen MR) is 75.8 cm³/mol. The lowest BCUT2D eigenvalue weighted by molar-refractivity contribution is 0.531. The van der Waals surface area contributed by atoms with E-state index in [1.807, 2.05) is 6.92 Å². The number of aromatic nitrogens is 4. The second-order valence-corrected chi connectivity index (χ2v) is 5.16. The Morgan fingerprint density at radius 2 is 2.00 bits per heavy atom. The Morgan fingerprint density at radius 1 is 1.35 bits per heavy atom. The molecule has 0 aliphatic carbocycles. The number of hydrogen-bond acceptors (Lipinski definition) is 4. The second kappa shape index (κ2) is 6.47. The molecule has 1 aromatic carbocycles. The van der Waals surface area contributed by atoms with Crippen molar-refractivity contribution in [2.75, 3.05) is 6.54 Å². The van der Waals surface area contributed by atoms with E-state index in [1.54, 1.807) is 0 Å². The summed E-state index contributed by atoms with van der Waals surface area (Å²) in [7, 11) is 0. The SMILES string of the molecule is CCCNC(C)c1nnnn1-c1cc(Cl)c(F)c(Cl)c1. The lowest BCUT2D eigenvalue weighted by Gasteiger charge is -2.13. The van der Waals surface area contributed by atoms with Crippen LogP contribution in [0.1, 0.15) is 32.1 Å². The first kappa shape index (κ1) is 15.2. The lowest BCUT2D eigenvalue weighted by Crippen LogP contribution is -2.22. The number of halogens is 3. The molecular formula is C12H14Cl2FN5. The molecule has 20 heavy (non-hydrogen) atoms. The van der Waals surface area contributed by atoms with Crippen molar-refractivity contribution in [2.24, 2.45) is 0 Å². The maximum absolute atomic E-state index is 13.4. The van der Waals surface area contributed by atoms with Gasteiger partial charge in [-0.05, 0) is 42.4 Å². The quantitative estimate of drug-likeness (QED) is 0.861. The van der Waals surface area contributed by atoms with Gasteiger partial charge in [0.2, 0.25) is 0 Å². The number of nitrogens with zero attached hydrogens (tertiary/aromatic N) is 4. The van der Waals surface area contributed by atoms with E-state index in [9.17, 15) is 4.39 Å². The Bertz CT molecular complexity index is 578. The smallest absolute Gasteiger partial charge is 0.173 e. The number of nitrogens with one attached hydrogen (secondary N) is 1. The molecule has 0 saturated carbocycles. The van der Waals surface area contributed by atoms with E-state index in [2.05, 4.69) is 27.8 Å². The largest absolute Gasteiger partial charge is 0.307 e. The molecule has 0 spiro atoms. The van der Waals surface area contributed by atoms with E-state index in [0.29, 0.717) is 11.5 Å². The van der Waals surface area contributed by atoms with Gasteiger partial charge in [-0.2, -0.15) is 4.68 Å². The predicted octanol–water partition coefficient (Wildman–Crippen LogP) is 3.17. The van der Waals surface area contributed by atoms with Gasteiger partial charge in [0, 0.05) is 0 Å². The van der Waals surface area contributed by atoms with Crippen LogP contribution in [0.3, 0.4) is 0 Å². The Morgan fingerprint density at radius 3 is 2.60 bits per heavy atom. The van der Waals surface area contributed by atoms with Crippen molar-refractivity contribution in [3.63, 3.8) is 0 Å². The summed E-state index contributed by atoms with van der Waals surface area (Å²) in [4.78, 5) is 0. The van der Waals surface area contributed by atoms with E-state index in [4.69, 9.17) is 23.2 Å². The van der Waals surface area contributed by atoms with E-state index in [0.717, 1.165) is 13.0 Å². The zero-order chi connectivity index (χ0) is 14.7. The standard InChI is InChI=1S/C12H14Cl2FN5/c1-3-4-16-7(2)12-17-18-19-20(12)8-5-9(13)11(15)10(14)6-8/h5-7,16H,3-4H2,1-2H3. The average molecular weight is 318 g/mol. The Kier molecular flexibility index (Phi) is 4.91. The van der Waals surface area contributed by atoms with Crippen LogP contribution in [0, 0.1) is 5.82 Å². The van der Waals surface area contributed by atoms with Crippen LogP contribution in [0.4, 0.5) is 4.39 Å². The third-order valence-corrected chi connectivity index (χ3v) is 3.34. The van der Waals surface area contributed by atoms with Crippen molar-refractivity contribution in [1.82, 2.24) is 25.5 Å². The molecule has 1 heterocycles. The molecular weight excluding hydrogens is 304 g/mol. The third-order valence-electron chi connectivity index (χ3n) is 2.79. The third kappa shape index (κ3) is 3.08. The van der Waals surface area contributed by atoms with Gasteiger partial charge < -0.3 is 5.32 Å². The normalized spacial score (nSPS) is 12.7. The van der Waals surface area contributed by atoms with E-state index < -0.39 is 5.82 Å². The summed E-state index contributed by atoms with van der Waals surface area (Å²) in [5, 5.41) is 14.7. The van der Waals surface area contributed by atoms with Gasteiger partial charge in [0.25, 0.3) is 0 Å². The highest BCUT2D eigenvalue weighted by Gasteiger charge is 2.17. The lowest BCUT2D eigenvalue weighted by atomic mass is 10.2. The van der Waals surface area contributed by atoms with Gasteiger partial charge in [0.05, 0.1) is 21.8 Å². The van der Waals surface area contributed by atoms with Gasteiger partial charge in [0.15, 0.2) is 11.6 Å². The van der Waals surface area contributed by atoms with Gasteiger partial charge in [0.1, 0.15) is 0 Å². The zero-order valence-corrected chi connectivity index (χ0v) is 12.6. The van der Waals surface area contributed by atoms with Crippen LogP contribution in [0.15, 0.2) is 12.1 Å². The molecule has 0 bridgehead atoms. The van der Waals surface area contributed by atoms with Crippen molar-refractivity contribution in [1.29, 1.82) is 0 Å². The molecule has 1 atom stereocenters. The molecule has 0 radical (unpaired) electrons. The van der Waals surface area contributed by atoms with E-state index >= 15 is 0 Å². The van der Waals surface area contributed by atoms with Gasteiger partial charge in [-0.15, -0.1) is 5.10 Å².